The zero-order chi connectivity index (χ0) is 22.5. The van der Waals surface area contributed by atoms with Crippen molar-refractivity contribution in [1.29, 1.82) is 0 Å². The Hall–Kier alpha value is -3.36. The molecule has 0 aliphatic carbocycles. The van der Waals surface area contributed by atoms with E-state index >= 15 is 0 Å². The summed E-state index contributed by atoms with van der Waals surface area (Å²) < 4.78 is 28.5. The molecular weight excluding hydrogens is 406 g/mol. The third-order valence-corrected chi connectivity index (χ3v) is 4.70. The standard InChI is InChI=1S/C23H22F2N2O4/c1-14-26-22(15-2-6-17(24)7-3-15)23(16-4-8-18(25)9-5-16)27(14)11-10-19(28)12-20(29)13-21(30)31/h2-11,19-20,28-29H,12-13H2,1H3,(H,30,31)/p-1/b11-10+/t19-,20-/m1/s1. The van der Waals surface area contributed by atoms with E-state index in [1.54, 1.807) is 42.0 Å². The fourth-order valence-electron chi connectivity index (χ4n) is 3.24. The van der Waals surface area contributed by atoms with Gasteiger partial charge in [0.1, 0.15) is 17.5 Å². The van der Waals surface area contributed by atoms with Crippen LogP contribution in [0.5, 0.6) is 0 Å². The van der Waals surface area contributed by atoms with Crippen LogP contribution in [0.1, 0.15) is 18.7 Å². The predicted octanol–water partition coefficient (Wildman–Crippen LogP) is 2.53. The van der Waals surface area contributed by atoms with Gasteiger partial charge in [-0.1, -0.05) is 0 Å². The lowest BCUT2D eigenvalue weighted by molar-refractivity contribution is -0.307. The molecule has 0 amide bonds. The molecule has 2 N–H and O–H groups in total. The van der Waals surface area contributed by atoms with Gasteiger partial charge in [0, 0.05) is 36.1 Å². The molecule has 0 spiro atoms. The highest BCUT2D eigenvalue weighted by atomic mass is 19.1. The Labute approximate surface area is 177 Å². The smallest absolute Gasteiger partial charge is 0.123 e. The summed E-state index contributed by atoms with van der Waals surface area (Å²) >= 11 is 0. The fraction of sp³-hybridized carbons (Fsp3) is 0.217. The highest BCUT2D eigenvalue weighted by Gasteiger charge is 2.18. The van der Waals surface area contributed by atoms with Gasteiger partial charge in [0.15, 0.2) is 0 Å². The van der Waals surface area contributed by atoms with Gasteiger partial charge in [0.25, 0.3) is 0 Å². The number of aryl methyl sites for hydroxylation is 1. The number of carboxylic acids is 1. The van der Waals surface area contributed by atoms with Crippen LogP contribution in [0.2, 0.25) is 0 Å². The third-order valence-electron chi connectivity index (χ3n) is 4.70. The number of aliphatic hydroxyl groups excluding tert-OH is 2. The average molecular weight is 427 g/mol. The summed E-state index contributed by atoms with van der Waals surface area (Å²) in [5.41, 5.74) is 2.45. The van der Waals surface area contributed by atoms with E-state index in [-0.39, 0.29) is 12.2 Å². The minimum atomic E-state index is -1.41. The van der Waals surface area contributed by atoms with Gasteiger partial charge in [-0.05, 0) is 61.5 Å². The molecule has 0 aliphatic heterocycles. The van der Waals surface area contributed by atoms with Gasteiger partial charge in [0.05, 0.1) is 23.6 Å². The van der Waals surface area contributed by atoms with Crippen molar-refractivity contribution in [2.24, 2.45) is 0 Å². The van der Waals surface area contributed by atoms with Crippen molar-refractivity contribution in [2.75, 3.05) is 0 Å². The Morgan fingerprint density at radius 2 is 1.61 bits per heavy atom. The molecule has 0 fully saturated rings. The van der Waals surface area contributed by atoms with Gasteiger partial charge in [-0.15, -0.1) is 0 Å². The molecule has 3 rings (SSSR count). The van der Waals surface area contributed by atoms with Crippen molar-refractivity contribution in [2.45, 2.75) is 32.0 Å². The first-order valence-electron chi connectivity index (χ1n) is 9.59. The number of aromatic nitrogens is 2. The van der Waals surface area contributed by atoms with Crippen LogP contribution in [0.4, 0.5) is 8.78 Å². The number of carbonyl (C=O) groups is 1. The van der Waals surface area contributed by atoms with Crippen LogP contribution in [-0.4, -0.2) is 37.9 Å². The Bertz CT molecular complexity index is 1080. The second-order valence-electron chi connectivity index (χ2n) is 7.11. The van der Waals surface area contributed by atoms with Crippen molar-refractivity contribution >= 4 is 12.2 Å². The number of carboxylic acid groups (broad SMARTS) is 1. The second kappa shape index (κ2) is 9.63. The van der Waals surface area contributed by atoms with Crippen LogP contribution in [0.3, 0.4) is 0 Å². The maximum Gasteiger partial charge on any atom is 0.123 e. The van der Waals surface area contributed by atoms with E-state index in [0.29, 0.717) is 28.3 Å². The number of halogens is 2. The van der Waals surface area contributed by atoms with E-state index in [9.17, 15) is 28.9 Å². The van der Waals surface area contributed by atoms with Crippen LogP contribution in [-0.2, 0) is 4.79 Å². The summed E-state index contributed by atoms with van der Waals surface area (Å²) in [5, 5.41) is 30.4. The highest BCUT2D eigenvalue weighted by Crippen LogP contribution is 2.33. The number of hydrogen-bond donors (Lipinski definition) is 2. The monoisotopic (exact) mass is 427 g/mol. The molecule has 0 aliphatic rings. The number of carbonyl (C=O) groups excluding carboxylic acids is 1. The van der Waals surface area contributed by atoms with E-state index in [4.69, 9.17) is 0 Å². The number of rotatable bonds is 8. The number of aliphatic carboxylic acids is 1. The molecule has 0 bridgehead atoms. The summed E-state index contributed by atoms with van der Waals surface area (Å²) in [6.07, 6.45) is -0.190. The van der Waals surface area contributed by atoms with Crippen LogP contribution in [0, 0.1) is 18.6 Å². The van der Waals surface area contributed by atoms with Gasteiger partial charge in [-0.2, -0.15) is 0 Å². The summed E-state index contributed by atoms with van der Waals surface area (Å²) in [6, 6.07) is 11.6. The molecule has 2 atom stereocenters. The Kier molecular flexibility index (Phi) is 6.94. The molecule has 1 aromatic heterocycles. The average Bonchev–Trinajstić information content (AvgIpc) is 3.03. The lowest BCUT2D eigenvalue weighted by atomic mass is 10.0. The largest absolute Gasteiger partial charge is 0.550 e. The van der Waals surface area contributed by atoms with Gasteiger partial charge >= 0.3 is 0 Å². The molecule has 0 unspecified atom stereocenters. The van der Waals surface area contributed by atoms with E-state index in [1.165, 1.54) is 30.3 Å². The van der Waals surface area contributed by atoms with Crippen molar-refractivity contribution < 1.29 is 28.9 Å². The number of benzene rings is 2. The third kappa shape index (κ3) is 5.62. The zero-order valence-corrected chi connectivity index (χ0v) is 16.7. The lowest BCUT2D eigenvalue weighted by Crippen LogP contribution is -2.29. The first-order chi connectivity index (χ1) is 14.7. The predicted molar refractivity (Wildman–Crippen MR) is 109 cm³/mol. The molecule has 0 saturated carbocycles. The minimum absolute atomic E-state index is 0.186. The van der Waals surface area contributed by atoms with Crippen LogP contribution >= 0.6 is 0 Å². The number of hydrogen-bond acceptors (Lipinski definition) is 5. The van der Waals surface area contributed by atoms with Crippen LogP contribution < -0.4 is 5.11 Å². The highest BCUT2D eigenvalue weighted by molar-refractivity contribution is 5.80. The number of aliphatic hydroxyl groups is 2. The van der Waals surface area contributed by atoms with Crippen molar-refractivity contribution in [3.05, 3.63) is 72.1 Å². The van der Waals surface area contributed by atoms with Gasteiger partial charge in [-0.25, -0.2) is 13.8 Å². The quantitative estimate of drug-likeness (QED) is 0.576. The van der Waals surface area contributed by atoms with E-state index in [0.717, 1.165) is 0 Å². The normalized spacial score (nSPS) is 13.5. The van der Waals surface area contributed by atoms with Crippen molar-refractivity contribution in [3.63, 3.8) is 0 Å². The fourth-order valence-corrected chi connectivity index (χ4v) is 3.24. The van der Waals surface area contributed by atoms with Crippen LogP contribution in [0.25, 0.3) is 28.7 Å². The second-order valence-corrected chi connectivity index (χ2v) is 7.11. The zero-order valence-electron chi connectivity index (χ0n) is 16.7. The lowest BCUT2D eigenvalue weighted by Gasteiger charge is -2.14. The van der Waals surface area contributed by atoms with Crippen LogP contribution in [0.15, 0.2) is 54.6 Å². The molecule has 1 heterocycles. The Morgan fingerprint density at radius 3 is 2.16 bits per heavy atom. The van der Waals surface area contributed by atoms with Gasteiger partial charge < -0.3 is 24.7 Å². The summed E-state index contributed by atoms with van der Waals surface area (Å²) in [5.74, 6) is -1.64. The van der Waals surface area contributed by atoms with Crippen molar-refractivity contribution in [1.82, 2.24) is 9.55 Å². The number of imidazole rings is 1. The molecule has 31 heavy (non-hydrogen) atoms. The first-order valence-corrected chi connectivity index (χ1v) is 9.59. The molecule has 3 aromatic rings. The summed E-state index contributed by atoms with van der Waals surface area (Å²) in [7, 11) is 0. The summed E-state index contributed by atoms with van der Waals surface area (Å²) in [6.45, 7) is 1.74. The Morgan fingerprint density at radius 1 is 1.06 bits per heavy atom. The first kappa shape index (κ1) is 22.3. The number of nitrogens with zero attached hydrogens (tertiary/aromatic N) is 2. The molecule has 2 aromatic carbocycles. The molecule has 0 saturated heterocycles. The SMILES string of the molecule is Cc1nc(-c2ccc(F)cc2)c(-c2ccc(F)cc2)n1/C=C/[C@@H](O)C[C@@H](O)CC(=O)[O-]. The van der Waals surface area contributed by atoms with Crippen molar-refractivity contribution in [3.8, 4) is 22.5 Å². The van der Waals surface area contributed by atoms with E-state index < -0.39 is 30.4 Å². The maximum absolute atomic E-state index is 13.5. The maximum atomic E-state index is 13.5. The molecule has 0 radical (unpaired) electrons. The molecular formula is C23H21F2N2O4-. The topological polar surface area (TPSA) is 98.4 Å². The Balaban J connectivity index is 2.00. The van der Waals surface area contributed by atoms with Gasteiger partial charge in [-0.3, -0.25) is 0 Å². The summed E-state index contributed by atoms with van der Waals surface area (Å²) in [4.78, 5) is 15.1. The molecule has 8 heteroatoms. The van der Waals surface area contributed by atoms with E-state index in [1.807, 2.05) is 0 Å². The minimum Gasteiger partial charge on any atom is -0.550 e. The molecule has 162 valence electrons. The van der Waals surface area contributed by atoms with E-state index in [2.05, 4.69) is 4.98 Å². The molecule has 6 nitrogen and oxygen atoms in total. The van der Waals surface area contributed by atoms with Gasteiger partial charge in [0.2, 0.25) is 0 Å².